The van der Waals surface area contributed by atoms with Gasteiger partial charge in [0.15, 0.2) is 0 Å². The molecule has 0 saturated carbocycles. The van der Waals surface area contributed by atoms with Crippen molar-refractivity contribution in [3.63, 3.8) is 0 Å². The van der Waals surface area contributed by atoms with Crippen molar-refractivity contribution in [1.29, 1.82) is 0 Å². The van der Waals surface area contributed by atoms with Crippen LogP contribution in [-0.2, 0) is 11.2 Å². The van der Waals surface area contributed by atoms with Crippen LogP contribution in [0, 0.1) is 13.8 Å². The Kier molecular flexibility index (Phi) is 7.48. The first-order valence-electron chi connectivity index (χ1n) is 11.4. The van der Waals surface area contributed by atoms with Gasteiger partial charge in [0, 0.05) is 17.7 Å². The number of carbonyl (C=O) groups excluding carboxylic acids is 1. The van der Waals surface area contributed by atoms with Gasteiger partial charge in [-0.1, -0.05) is 31.2 Å². The lowest BCUT2D eigenvalue weighted by molar-refractivity contribution is -0.113. The maximum Gasteiger partial charge on any atom is 0.234 e. The average molecular weight is 472 g/mol. The van der Waals surface area contributed by atoms with Crippen LogP contribution in [0.5, 0.6) is 5.75 Å². The molecule has 0 aromatic heterocycles. The maximum atomic E-state index is 12.7. The number of amides is 1. The van der Waals surface area contributed by atoms with E-state index in [2.05, 4.69) is 44.3 Å². The zero-order chi connectivity index (χ0) is 24.1. The molecule has 0 fully saturated rings. The zero-order valence-electron chi connectivity index (χ0n) is 20.0. The highest BCUT2D eigenvalue weighted by Crippen LogP contribution is 2.36. The van der Waals surface area contributed by atoms with Gasteiger partial charge in [0.05, 0.1) is 35.0 Å². The Balaban J connectivity index is 1.58. The molecule has 1 heterocycles. The highest BCUT2D eigenvalue weighted by Gasteiger charge is 2.18. The van der Waals surface area contributed by atoms with Gasteiger partial charge in [0.1, 0.15) is 5.75 Å². The van der Waals surface area contributed by atoms with E-state index >= 15 is 0 Å². The van der Waals surface area contributed by atoms with E-state index in [-0.39, 0.29) is 11.7 Å². The second-order valence-corrected chi connectivity index (χ2v) is 9.34. The minimum atomic E-state index is -0.0506. The molecule has 1 aliphatic heterocycles. The molecule has 3 aromatic carbocycles. The molecule has 0 atom stereocenters. The Morgan fingerprint density at radius 1 is 1.00 bits per heavy atom. The molecule has 0 radical (unpaired) electrons. The predicted octanol–water partition coefficient (Wildman–Crippen LogP) is 6.80. The van der Waals surface area contributed by atoms with E-state index in [4.69, 9.17) is 14.7 Å². The van der Waals surface area contributed by atoms with Crippen LogP contribution >= 0.6 is 11.8 Å². The topological polar surface area (TPSA) is 63.0 Å². The lowest BCUT2D eigenvalue weighted by atomic mass is 10.1. The van der Waals surface area contributed by atoms with Gasteiger partial charge < -0.3 is 10.1 Å². The summed E-state index contributed by atoms with van der Waals surface area (Å²) in [7, 11) is 1.66. The fraction of sp³-hybridized carbons (Fsp3) is 0.250. The number of aliphatic imine (C=N–C) groups is 2. The lowest BCUT2D eigenvalue weighted by Crippen LogP contribution is -2.16. The van der Waals surface area contributed by atoms with Crippen LogP contribution in [0.25, 0.3) is 0 Å². The van der Waals surface area contributed by atoms with Crippen molar-refractivity contribution in [3.05, 3.63) is 82.9 Å². The molecule has 4 rings (SSSR count). The van der Waals surface area contributed by atoms with Crippen LogP contribution in [0.4, 0.5) is 17.1 Å². The van der Waals surface area contributed by atoms with Gasteiger partial charge in [0.25, 0.3) is 0 Å². The summed E-state index contributed by atoms with van der Waals surface area (Å²) in [5, 5.41) is 3.87. The molecule has 1 amide bonds. The first-order chi connectivity index (χ1) is 16.4. The summed E-state index contributed by atoms with van der Waals surface area (Å²) in [5.41, 5.74) is 7.93. The minimum Gasteiger partial charge on any atom is -0.497 e. The van der Waals surface area contributed by atoms with Gasteiger partial charge in [-0.2, -0.15) is 0 Å². The van der Waals surface area contributed by atoms with Crippen molar-refractivity contribution < 1.29 is 9.53 Å². The first-order valence-corrected chi connectivity index (χ1v) is 12.4. The molecule has 1 N–H and O–H groups in total. The fourth-order valence-electron chi connectivity index (χ4n) is 3.73. The van der Waals surface area contributed by atoms with Crippen molar-refractivity contribution in [2.24, 2.45) is 9.98 Å². The SMILES string of the molecule is CCc1cccc(NC(=O)CSC2=Nc3cc(C)c(C)cc3N=C(c3cccc(OC)c3)C2)c1. The molecule has 0 aliphatic carbocycles. The van der Waals surface area contributed by atoms with E-state index in [1.807, 2.05) is 42.5 Å². The van der Waals surface area contributed by atoms with Crippen molar-refractivity contribution >= 4 is 45.5 Å². The van der Waals surface area contributed by atoms with Crippen LogP contribution in [0.3, 0.4) is 0 Å². The van der Waals surface area contributed by atoms with E-state index in [1.165, 1.54) is 28.5 Å². The van der Waals surface area contributed by atoms with Gasteiger partial charge in [-0.15, -0.1) is 11.8 Å². The summed E-state index contributed by atoms with van der Waals surface area (Å²) in [6, 6.07) is 20.0. The summed E-state index contributed by atoms with van der Waals surface area (Å²) in [6.45, 7) is 6.26. The Morgan fingerprint density at radius 3 is 2.47 bits per heavy atom. The van der Waals surface area contributed by atoms with E-state index in [1.54, 1.807) is 7.11 Å². The van der Waals surface area contributed by atoms with Gasteiger partial charge in [0.2, 0.25) is 5.91 Å². The second-order valence-electron chi connectivity index (χ2n) is 8.29. The summed E-state index contributed by atoms with van der Waals surface area (Å²) < 4.78 is 5.42. The maximum absolute atomic E-state index is 12.7. The number of benzene rings is 3. The molecule has 3 aromatic rings. The molecule has 0 spiro atoms. The van der Waals surface area contributed by atoms with Crippen LogP contribution in [0.1, 0.15) is 35.6 Å². The Labute approximate surface area is 205 Å². The summed E-state index contributed by atoms with van der Waals surface area (Å²) in [4.78, 5) is 22.6. The summed E-state index contributed by atoms with van der Waals surface area (Å²) in [5.74, 6) is 1.01. The number of anilines is 1. The Hall–Kier alpha value is -3.38. The largest absolute Gasteiger partial charge is 0.497 e. The molecule has 0 bridgehead atoms. The second kappa shape index (κ2) is 10.7. The van der Waals surface area contributed by atoms with Gasteiger partial charge in [-0.3, -0.25) is 9.79 Å². The number of hydrogen-bond donors (Lipinski definition) is 1. The number of hydrogen-bond acceptors (Lipinski definition) is 5. The smallest absolute Gasteiger partial charge is 0.234 e. The van der Waals surface area contributed by atoms with Crippen molar-refractivity contribution in [3.8, 4) is 5.75 Å². The van der Waals surface area contributed by atoms with E-state index in [0.29, 0.717) is 6.42 Å². The van der Waals surface area contributed by atoms with E-state index < -0.39 is 0 Å². The van der Waals surface area contributed by atoms with Crippen LogP contribution < -0.4 is 10.1 Å². The molecule has 34 heavy (non-hydrogen) atoms. The number of ether oxygens (including phenoxy) is 1. The van der Waals surface area contributed by atoms with E-state index in [0.717, 1.165) is 45.6 Å². The highest BCUT2D eigenvalue weighted by molar-refractivity contribution is 8.14. The third-order valence-electron chi connectivity index (χ3n) is 5.80. The first kappa shape index (κ1) is 23.8. The minimum absolute atomic E-state index is 0.0506. The molecule has 174 valence electrons. The number of rotatable bonds is 6. The van der Waals surface area contributed by atoms with E-state index in [9.17, 15) is 4.79 Å². The Morgan fingerprint density at radius 2 is 1.74 bits per heavy atom. The third-order valence-corrected chi connectivity index (χ3v) is 6.78. The molecule has 1 aliphatic rings. The number of carbonyl (C=O) groups is 1. The van der Waals surface area contributed by atoms with Crippen molar-refractivity contribution in [1.82, 2.24) is 0 Å². The predicted molar refractivity (Wildman–Crippen MR) is 144 cm³/mol. The van der Waals surface area contributed by atoms with Gasteiger partial charge >= 0.3 is 0 Å². The average Bonchev–Trinajstić information content (AvgIpc) is 3.02. The molecular weight excluding hydrogens is 442 g/mol. The number of fused-ring (bicyclic) bond motifs is 1. The van der Waals surface area contributed by atoms with Crippen LogP contribution in [-0.4, -0.2) is 29.5 Å². The molecule has 5 nitrogen and oxygen atoms in total. The van der Waals surface area contributed by atoms with Gasteiger partial charge in [-0.25, -0.2) is 4.99 Å². The monoisotopic (exact) mass is 471 g/mol. The standard InChI is InChI=1S/C28H29N3O2S/c1-5-20-8-6-10-22(14-20)29-27(32)17-34-28-16-24(21-9-7-11-23(15-21)33-4)30-25-12-18(2)19(3)13-26(25)31-28/h6-15H,5,16-17H2,1-4H3,(H,29,32). The van der Waals surface area contributed by atoms with Crippen molar-refractivity contribution in [2.75, 3.05) is 18.2 Å². The van der Waals surface area contributed by atoms with Crippen LogP contribution in [0.15, 0.2) is 70.6 Å². The lowest BCUT2D eigenvalue weighted by Gasteiger charge is -2.10. The van der Waals surface area contributed by atoms with Gasteiger partial charge in [-0.05, 0) is 73.4 Å². The quantitative estimate of drug-likeness (QED) is 0.430. The number of aryl methyl sites for hydroxylation is 3. The molecule has 0 saturated heterocycles. The Bertz CT molecular complexity index is 1280. The number of nitrogens with zero attached hydrogens (tertiary/aromatic N) is 2. The highest BCUT2D eigenvalue weighted by atomic mass is 32.2. The fourth-order valence-corrected chi connectivity index (χ4v) is 4.51. The number of methoxy groups -OCH3 is 1. The third kappa shape index (κ3) is 5.75. The molecule has 0 unspecified atom stereocenters. The molecular formula is C28H29N3O2S. The number of nitrogens with one attached hydrogen (secondary N) is 1. The summed E-state index contributed by atoms with van der Waals surface area (Å²) in [6.07, 6.45) is 1.48. The number of thioether (sulfide) groups is 1. The van der Waals surface area contributed by atoms with Crippen LogP contribution in [0.2, 0.25) is 0 Å². The zero-order valence-corrected chi connectivity index (χ0v) is 20.8. The summed E-state index contributed by atoms with van der Waals surface area (Å²) >= 11 is 1.46. The molecule has 6 heteroatoms. The normalized spacial score (nSPS) is 12.8. The van der Waals surface area contributed by atoms with Crippen molar-refractivity contribution in [2.45, 2.75) is 33.6 Å².